The van der Waals surface area contributed by atoms with Gasteiger partial charge in [-0.3, -0.25) is 4.79 Å². The molecule has 0 spiro atoms. The summed E-state index contributed by atoms with van der Waals surface area (Å²) in [6, 6.07) is 5.72. The van der Waals surface area contributed by atoms with Crippen molar-refractivity contribution in [2.45, 2.75) is 52.5 Å². The number of nitrogens with zero attached hydrogens (tertiary/aromatic N) is 5. The molecule has 4 rings (SSSR count). The van der Waals surface area contributed by atoms with E-state index in [2.05, 4.69) is 44.2 Å². The second-order valence-electron chi connectivity index (χ2n) is 7.96. The number of hydrogen-bond acceptors (Lipinski definition) is 7. The lowest BCUT2D eigenvalue weighted by Gasteiger charge is -2.27. The Kier molecular flexibility index (Phi) is 6.64. The van der Waals surface area contributed by atoms with Gasteiger partial charge in [-0.25, -0.2) is 15.0 Å². The third-order valence-corrected chi connectivity index (χ3v) is 5.64. The minimum absolute atomic E-state index is 0.247. The van der Waals surface area contributed by atoms with Gasteiger partial charge < -0.3 is 15.1 Å². The van der Waals surface area contributed by atoms with Gasteiger partial charge in [0.05, 0.1) is 16.8 Å². The highest BCUT2D eigenvalue weighted by atomic mass is 16.7. The second-order valence-corrected chi connectivity index (χ2v) is 7.96. The van der Waals surface area contributed by atoms with Crippen molar-refractivity contribution >= 4 is 22.5 Å². The Bertz CT molecular complexity index is 1070. The van der Waals surface area contributed by atoms with Crippen LogP contribution in [0, 0.1) is 6.92 Å². The van der Waals surface area contributed by atoms with E-state index in [0.717, 1.165) is 48.4 Å². The molecule has 1 aliphatic rings. The Morgan fingerprint density at radius 2 is 1.97 bits per heavy atom. The standard InChI is InChI=1S/C23H30N6O2/c1-3-4-12-31-29-21(30)13-19(22-17(2)26-16-27-23(22)29)24-14-18-8-9-20(25-15-18)28-10-6-5-7-11-28/h8-9,13,15-16,24H,3-7,10-12,14H2,1-2H3. The minimum atomic E-state index is -0.247. The smallest absolute Gasteiger partial charge is 0.287 e. The number of rotatable bonds is 8. The van der Waals surface area contributed by atoms with Gasteiger partial charge in [0.1, 0.15) is 18.8 Å². The van der Waals surface area contributed by atoms with Gasteiger partial charge in [0.25, 0.3) is 5.56 Å². The van der Waals surface area contributed by atoms with Crippen LogP contribution >= 0.6 is 0 Å². The molecule has 0 bridgehead atoms. The van der Waals surface area contributed by atoms with E-state index in [1.165, 1.54) is 30.3 Å². The Morgan fingerprint density at radius 1 is 1.13 bits per heavy atom. The predicted molar refractivity (Wildman–Crippen MR) is 123 cm³/mol. The molecule has 164 valence electrons. The maximum Gasteiger partial charge on any atom is 0.287 e. The quantitative estimate of drug-likeness (QED) is 0.557. The summed E-state index contributed by atoms with van der Waals surface area (Å²) in [6.45, 7) is 7.16. The Morgan fingerprint density at radius 3 is 2.71 bits per heavy atom. The first-order valence-corrected chi connectivity index (χ1v) is 11.1. The van der Waals surface area contributed by atoms with E-state index in [-0.39, 0.29) is 5.56 Å². The number of hydrogen-bond donors (Lipinski definition) is 1. The number of aromatic nitrogens is 4. The molecule has 0 amide bonds. The lowest BCUT2D eigenvalue weighted by atomic mass is 10.1. The summed E-state index contributed by atoms with van der Waals surface area (Å²) in [5.74, 6) is 1.03. The molecule has 3 aromatic rings. The minimum Gasteiger partial charge on any atom is -0.409 e. The Balaban J connectivity index is 1.54. The maximum absolute atomic E-state index is 12.7. The third kappa shape index (κ3) is 4.78. The molecule has 0 radical (unpaired) electrons. The summed E-state index contributed by atoms with van der Waals surface area (Å²) in [4.78, 5) is 34.0. The molecule has 1 N–H and O–H groups in total. The van der Waals surface area contributed by atoms with Gasteiger partial charge in [-0.2, -0.15) is 0 Å². The Labute approximate surface area is 182 Å². The number of anilines is 2. The molecule has 1 fully saturated rings. The van der Waals surface area contributed by atoms with Gasteiger partial charge in [0, 0.05) is 31.9 Å². The number of unbranched alkanes of at least 4 members (excludes halogenated alkanes) is 1. The van der Waals surface area contributed by atoms with Crippen LogP contribution in [0.25, 0.3) is 11.0 Å². The molecule has 8 heteroatoms. The van der Waals surface area contributed by atoms with Gasteiger partial charge in [-0.1, -0.05) is 19.4 Å². The van der Waals surface area contributed by atoms with Gasteiger partial charge >= 0.3 is 0 Å². The highest BCUT2D eigenvalue weighted by molar-refractivity contribution is 5.90. The lowest BCUT2D eigenvalue weighted by molar-refractivity contribution is 0.108. The van der Waals surface area contributed by atoms with Crippen molar-refractivity contribution in [1.29, 1.82) is 0 Å². The second kappa shape index (κ2) is 9.76. The fraction of sp³-hybridized carbons (Fsp3) is 0.478. The zero-order chi connectivity index (χ0) is 21.6. The number of fused-ring (bicyclic) bond motifs is 1. The molecule has 0 unspecified atom stereocenters. The highest BCUT2D eigenvalue weighted by Gasteiger charge is 2.15. The normalized spacial score (nSPS) is 14.1. The fourth-order valence-electron chi connectivity index (χ4n) is 3.88. The zero-order valence-corrected chi connectivity index (χ0v) is 18.3. The molecule has 3 aromatic heterocycles. The molecule has 4 heterocycles. The maximum atomic E-state index is 12.7. The van der Waals surface area contributed by atoms with Crippen molar-refractivity contribution in [1.82, 2.24) is 19.7 Å². The van der Waals surface area contributed by atoms with Crippen LogP contribution in [-0.2, 0) is 6.54 Å². The largest absolute Gasteiger partial charge is 0.409 e. The average Bonchev–Trinajstić information content (AvgIpc) is 2.80. The van der Waals surface area contributed by atoms with Crippen LogP contribution in [0.5, 0.6) is 0 Å². The van der Waals surface area contributed by atoms with Gasteiger partial charge in [-0.05, 0) is 44.2 Å². The van der Waals surface area contributed by atoms with Crippen LogP contribution < -0.4 is 20.6 Å². The van der Waals surface area contributed by atoms with E-state index in [9.17, 15) is 4.79 Å². The molecule has 8 nitrogen and oxygen atoms in total. The van der Waals surface area contributed by atoms with Crippen LogP contribution in [-0.4, -0.2) is 39.4 Å². The van der Waals surface area contributed by atoms with Crippen LogP contribution in [0.3, 0.4) is 0 Å². The Hall–Kier alpha value is -3.16. The molecule has 1 aliphatic heterocycles. The van der Waals surface area contributed by atoms with E-state index in [0.29, 0.717) is 24.5 Å². The van der Waals surface area contributed by atoms with E-state index in [4.69, 9.17) is 4.84 Å². The fourth-order valence-corrected chi connectivity index (χ4v) is 3.88. The van der Waals surface area contributed by atoms with Gasteiger partial charge in [0.2, 0.25) is 0 Å². The van der Waals surface area contributed by atoms with Crippen molar-refractivity contribution in [3.8, 4) is 0 Å². The molecule has 0 atom stereocenters. The molecular weight excluding hydrogens is 392 g/mol. The average molecular weight is 423 g/mol. The number of aryl methyl sites for hydroxylation is 1. The SMILES string of the molecule is CCCCOn1c(=O)cc(NCc2ccc(N3CCCCC3)nc2)c2c(C)ncnc21. The number of pyridine rings is 2. The summed E-state index contributed by atoms with van der Waals surface area (Å²) in [6.07, 6.45) is 8.99. The lowest BCUT2D eigenvalue weighted by Crippen LogP contribution is -2.30. The van der Waals surface area contributed by atoms with E-state index in [1.54, 1.807) is 6.07 Å². The summed E-state index contributed by atoms with van der Waals surface area (Å²) in [5.41, 5.74) is 2.78. The molecule has 0 saturated carbocycles. The van der Waals surface area contributed by atoms with Crippen molar-refractivity contribution in [3.63, 3.8) is 0 Å². The van der Waals surface area contributed by atoms with Crippen LogP contribution in [0.4, 0.5) is 11.5 Å². The molecule has 1 saturated heterocycles. The van der Waals surface area contributed by atoms with E-state index < -0.39 is 0 Å². The first kappa shape index (κ1) is 21.1. The van der Waals surface area contributed by atoms with Crippen molar-refractivity contribution in [2.75, 3.05) is 29.9 Å². The number of nitrogens with one attached hydrogen (secondary N) is 1. The van der Waals surface area contributed by atoms with Crippen LogP contribution in [0.1, 0.15) is 50.3 Å². The summed E-state index contributed by atoms with van der Waals surface area (Å²) >= 11 is 0. The molecule has 0 aromatic carbocycles. The molecular formula is C23H30N6O2. The number of piperidine rings is 1. The summed E-state index contributed by atoms with van der Waals surface area (Å²) in [5, 5.41) is 4.17. The van der Waals surface area contributed by atoms with E-state index in [1.807, 2.05) is 13.1 Å². The van der Waals surface area contributed by atoms with Crippen LogP contribution in [0.2, 0.25) is 0 Å². The van der Waals surface area contributed by atoms with Gasteiger partial charge in [-0.15, -0.1) is 4.73 Å². The highest BCUT2D eigenvalue weighted by Crippen LogP contribution is 2.23. The van der Waals surface area contributed by atoms with Crippen molar-refractivity contribution in [2.24, 2.45) is 0 Å². The summed E-state index contributed by atoms with van der Waals surface area (Å²) in [7, 11) is 0. The molecule has 0 aliphatic carbocycles. The molecule has 31 heavy (non-hydrogen) atoms. The third-order valence-electron chi connectivity index (χ3n) is 5.64. The topological polar surface area (TPSA) is 85.2 Å². The monoisotopic (exact) mass is 422 g/mol. The van der Waals surface area contributed by atoms with Crippen molar-refractivity contribution in [3.05, 3.63) is 52.3 Å². The van der Waals surface area contributed by atoms with Gasteiger partial charge in [0.15, 0.2) is 5.65 Å². The first-order valence-electron chi connectivity index (χ1n) is 11.1. The van der Waals surface area contributed by atoms with Crippen LogP contribution in [0.15, 0.2) is 35.5 Å². The summed E-state index contributed by atoms with van der Waals surface area (Å²) < 4.78 is 1.28. The predicted octanol–water partition coefficient (Wildman–Crippen LogP) is 3.33. The zero-order valence-electron chi connectivity index (χ0n) is 18.3. The van der Waals surface area contributed by atoms with E-state index >= 15 is 0 Å². The van der Waals surface area contributed by atoms with Crippen molar-refractivity contribution < 1.29 is 4.84 Å². The first-order chi connectivity index (χ1) is 15.2.